The number of likely N-dealkylation sites (tertiary alicyclic amines) is 1. The molecule has 10 nitrogen and oxygen atoms in total. The first-order valence-electron chi connectivity index (χ1n) is 12.0. The highest BCUT2D eigenvalue weighted by Gasteiger charge is 2.30. The van der Waals surface area contributed by atoms with Gasteiger partial charge in [0.25, 0.3) is 11.8 Å². The molecular weight excluding hydrogens is 498 g/mol. The normalized spacial score (nSPS) is 14.2. The first-order chi connectivity index (χ1) is 17.5. The highest BCUT2D eigenvalue weighted by molar-refractivity contribution is 7.09. The SMILES string of the molecule is COc1ccc(C(=O)N2CCC(c3nc(C(=O)N(C)CC(=O)OC(C)(C)C)cs3)CC2)c(OC)c1OC. The molecule has 1 aliphatic rings. The molecule has 37 heavy (non-hydrogen) atoms. The zero-order valence-electron chi connectivity index (χ0n) is 22.5. The highest BCUT2D eigenvalue weighted by Crippen LogP contribution is 2.41. The molecule has 0 aliphatic carbocycles. The average Bonchev–Trinajstić information content (AvgIpc) is 3.35. The first kappa shape index (κ1) is 28.2. The van der Waals surface area contributed by atoms with Gasteiger partial charge in [-0.3, -0.25) is 14.4 Å². The summed E-state index contributed by atoms with van der Waals surface area (Å²) in [5.41, 5.74) is 0.101. The number of hydrogen-bond acceptors (Lipinski definition) is 9. The van der Waals surface area contributed by atoms with Crippen LogP contribution in [0.25, 0.3) is 0 Å². The van der Waals surface area contributed by atoms with Gasteiger partial charge in [0.2, 0.25) is 5.75 Å². The summed E-state index contributed by atoms with van der Waals surface area (Å²) in [5, 5.41) is 2.57. The van der Waals surface area contributed by atoms with Gasteiger partial charge < -0.3 is 28.7 Å². The third kappa shape index (κ3) is 6.71. The summed E-state index contributed by atoms with van der Waals surface area (Å²) < 4.78 is 21.5. The number of nitrogens with zero attached hydrogens (tertiary/aromatic N) is 3. The minimum atomic E-state index is -0.615. The Labute approximate surface area is 221 Å². The number of carbonyl (C=O) groups is 3. The Bertz CT molecular complexity index is 1130. The maximum Gasteiger partial charge on any atom is 0.326 e. The number of methoxy groups -OCH3 is 3. The molecular formula is C26H35N3O7S. The van der Waals surface area contributed by atoms with Gasteiger partial charge in [-0.25, -0.2) is 4.98 Å². The van der Waals surface area contributed by atoms with Crippen molar-refractivity contribution in [2.75, 3.05) is 48.0 Å². The second-order valence-electron chi connectivity index (χ2n) is 9.77. The lowest BCUT2D eigenvalue weighted by Gasteiger charge is -2.31. The molecule has 0 unspecified atom stereocenters. The largest absolute Gasteiger partial charge is 0.493 e. The molecule has 0 radical (unpaired) electrons. The standard InChI is InChI=1S/C26H35N3O7S/c1-26(2,3)36-20(30)14-28(4)25(32)18-15-37-23(27-18)16-10-12-29(13-11-16)24(31)17-8-9-19(33-5)22(35-7)21(17)34-6/h8-9,15-16H,10-14H2,1-7H3. The van der Waals surface area contributed by atoms with Crippen molar-refractivity contribution in [2.24, 2.45) is 0 Å². The molecule has 0 N–H and O–H groups in total. The molecule has 1 fully saturated rings. The number of carbonyl (C=O) groups excluding carboxylic acids is 3. The summed E-state index contributed by atoms with van der Waals surface area (Å²) in [5.74, 6) is 0.396. The predicted molar refractivity (Wildman–Crippen MR) is 139 cm³/mol. The van der Waals surface area contributed by atoms with Gasteiger partial charge in [0.15, 0.2) is 11.5 Å². The third-order valence-electron chi connectivity index (χ3n) is 5.94. The molecule has 2 aromatic rings. The molecule has 1 aromatic carbocycles. The van der Waals surface area contributed by atoms with Crippen LogP contribution in [0.1, 0.15) is 65.4 Å². The molecule has 3 rings (SSSR count). The first-order valence-corrected chi connectivity index (χ1v) is 12.9. The van der Waals surface area contributed by atoms with Gasteiger partial charge in [-0.15, -0.1) is 11.3 Å². The summed E-state index contributed by atoms with van der Waals surface area (Å²) in [6.07, 6.45) is 1.44. The van der Waals surface area contributed by atoms with E-state index in [1.165, 1.54) is 37.6 Å². The summed E-state index contributed by atoms with van der Waals surface area (Å²) in [6.45, 7) is 6.28. The van der Waals surface area contributed by atoms with Gasteiger partial charge in [0.1, 0.15) is 17.8 Å². The minimum absolute atomic E-state index is 0.138. The fourth-order valence-electron chi connectivity index (χ4n) is 4.18. The van der Waals surface area contributed by atoms with Crippen LogP contribution in [0.4, 0.5) is 0 Å². The summed E-state index contributed by atoms with van der Waals surface area (Å²) >= 11 is 1.42. The van der Waals surface area contributed by atoms with Crippen LogP contribution in [0.15, 0.2) is 17.5 Å². The number of esters is 1. The van der Waals surface area contributed by atoms with Crippen LogP contribution in [0.2, 0.25) is 0 Å². The van der Waals surface area contributed by atoms with Gasteiger partial charge in [-0.1, -0.05) is 0 Å². The number of piperidine rings is 1. The molecule has 2 amide bonds. The quantitative estimate of drug-likeness (QED) is 0.474. The van der Waals surface area contributed by atoms with Gasteiger partial charge >= 0.3 is 5.97 Å². The van der Waals surface area contributed by atoms with Crippen LogP contribution in [0, 0.1) is 0 Å². The lowest BCUT2D eigenvalue weighted by Crippen LogP contribution is -2.38. The number of aromatic nitrogens is 1. The van der Waals surface area contributed by atoms with Crippen LogP contribution in [0.3, 0.4) is 0 Å². The maximum absolute atomic E-state index is 13.3. The molecule has 2 heterocycles. The van der Waals surface area contributed by atoms with E-state index in [1.54, 1.807) is 50.2 Å². The molecule has 0 spiro atoms. The maximum atomic E-state index is 13.3. The van der Waals surface area contributed by atoms with Crippen molar-refractivity contribution in [2.45, 2.75) is 45.1 Å². The third-order valence-corrected chi connectivity index (χ3v) is 6.95. The number of hydrogen-bond donors (Lipinski definition) is 0. The number of rotatable bonds is 8. The zero-order valence-corrected chi connectivity index (χ0v) is 23.3. The van der Waals surface area contributed by atoms with Crippen LogP contribution in [0.5, 0.6) is 17.2 Å². The van der Waals surface area contributed by atoms with Gasteiger partial charge in [-0.2, -0.15) is 0 Å². The zero-order chi connectivity index (χ0) is 27.3. The fourth-order valence-corrected chi connectivity index (χ4v) is 5.14. The van der Waals surface area contributed by atoms with E-state index >= 15 is 0 Å². The smallest absolute Gasteiger partial charge is 0.326 e. The summed E-state index contributed by atoms with van der Waals surface area (Å²) in [6, 6.07) is 3.37. The molecule has 0 bridgehead atoms. The lowest BCUT2D eigenvalue weighted by atomic mass is 9.96. The summed E-state index contributed by atoms with van der Waals surface area (Å²) in [4.78, 5) is 45.8. The van der Waals surface area contributed by atoms with E-state index in [4.69, 9.17) is 18.9 Å². The van der Waals surface area contributed by atoms with Crippen molar-refractivity contribution >= 4 is 29.1 Å². The number of thiazole rings is 1. The number of ether oxygens (including phenoxy) is 4. The lowest BCUT2D eigenvalue weighted by molar-refractivity contribution is -0.155. The van der Waals surface area contributed by atoms with Gasteiger partial charge in [-0.05, 0) is 45.7 Å². The Balaban J connectivity index is 1.62. The van der Waals surface area contributed by atoms with E-state index in [2.05, 4.69) is 4.98 Å². The van der Waals surface area contributed by atoms with Crippen molar-refractivity contribution in [1.29, 1.82) is 0 Å². The molecule has 0 saturated carbocycles. The number of likely N-dealkylation sites (N-methyl/N-ethyl adjacent to an activating group) is 1. The van der Waals surface area contributed by atoms with Gasteiger partial charge in [0, 0.05) is 31.4 Å². The Hall–Kier alpha value is -3.34. The van der Waals surface area contributed by atoms with Crippen LogP contribution < -0.4 is 14.2 Å². The average molecular weight is 534 g/mol. The topological polar surface area (TPSA) is 108 Å². The molecule has 1 saturated heterocycles. The fraction of sp³-hybridized carbons (Fsp3) is 0.538. The highest BCUT2D eigenvalue weighted by atomic mass is 32.1. The van der Waals surface area contributed by atoms with Crippen molar-refractivity contribution < 1.29 is 33.3 Å². The van der Waals surface area contributed by atoms with Crippen molar-refractivity contribution in [3.8, 4) is 17.2 Å². The van der Waals surface area contributed by atoms with Crippen molar-refractivity contribution in [3.05, 3.63) is 33.8 Å². The Kier molecular flexibility index (Phi) is 9.01. The Morgan fingerprint density at radius 2 is 1.70 bits per heavy atom. The molecule has 11 heteroatoms. The van der Waals surface area contributed by atoms with E-state index in [-0.39, 0.29) is 24.3 Å². The van der Waals surface area contributed by atoms with Crippen LogP contribution in [-0.4, -0.2) is 86.2 Å². The molecule has 202 valence electrons. The monoisotopic (exact) mass is 533 g/mol. The van der Waals surface area contributed by atoms with E-state index < -0.39 is 11.6 Å². The molecule has 1 aromatic heterocycles. The number of benzene rings is 1. The van der Waals surface area contributed by atoms with Gasteiger partial charge in [0.05, 0.1) is 31.9 Å². The number of amides is 2. The minimum Gasteiger partial charge on any atom is -0.493 e. The van der Waals surface area contributed by atoms with Crippen molar-refractivity contribution in [3.63, 3.8) is 0 Å². The van der Waals surface area contributed by atoms with Crippen LogP contribution >= 0.6 is 11.3 Å². The Morgan fingerprint density at radius 3 is 2.27 bits per heavy atom. The van der Waals surface area contributed by atoms with E-state index in [1.807, 2.05) is 0 Å². The molecule has 0 atom stereocenters. The second-order valence-corrected chi connectivity index (χ2v) is 10.7. The Morgan fingerprint density at radius 1 is 1.05 bits per heavy atom. The van der Waals surface area contributed by atoms with Crippen molar-refractivity contribution in [1.82, 2.24) is 14.8 Å². The van der Waals surface area contributed by atoms with E-state index in [0.717, 1.165) is 17.8 Å². The van der Waals surface area contributed by atoms with Crippen LogP contribution in [-0.2, 0) is 9.53 Å². The molecule has 1 aliphatic heterocycles. The van der Waals surface area contributed by atoms with E-state index in [0.29, 0.717) is 41.6 Å². The summed E-state index contributed by atoms with van der Waals surface area (Å²) in [7, 11) is 6.08. The predicted octanol–water partition coefficient (Wildman–Crippen LogP) is 3.60. The van der Waals surface area contributed by atoms with E-state index in [9.17, 15) is 14.4 Å². The second kappa shape index (κ2) is 11.8.